The van der Waals surface area contributed by atoms with Crippen LogP contribution in [0.1, 0.15) is 32.9 Å². The number of nitrogens with one attached hydrogen (secondary N) is 1. The van der Waals surface area contributed by atoms with Crippen LogP contribution in [0.5, 0.6) is 0 Å². The van der Waals surface area contributed by atoms with Crippen LogP contribution in [0, 0.1) is 5.92 Å². The fraction of sp³-hybridized carbons (Fsp3) is 0.706. The van der Waals surface area contributed by atoms with Crippen LogP contribution in [0.25, 0.3) is 0 Å². The Hall–Kier alpha value is -1.13. The van der Waals surface area contributed by atoms with Gasteiger partial charge in [0.15, 0.2) is 0 Å². The molecule has 0 spiro atoms. The van der Waals surface area contributed by atoms with Crippen molar-refractivity contribution in [2.75, 3.05) is 44.2 Å². The van der Waals surface area contributed by atoms with Gasteiger partial charge in [0.2, 0.25) is 0 Å². The molecule has 0 radical (unpaired) electrons. The molecule has 4 nitrogen and oxygen atoms in total. The van der Waals surface area contributed by atoms with Crippen LogP contribution in [-0.4, -0.2) is 49.2 Å². The van der Waals surface area contributed by atoms with Gasteiger partial charge in [-0.15, -0.1) is 0 Å². The number of pyridine rings is 1. The maximum atomic E-state index is 4.48. The topological polar surface area (TPSA) is 31.4 Å². The summed E-state index contributed by atoms with van der Waals surface area (Å²) in [5.41, 5.74) is 2.46. The van der Waals surface area contributed by atoms with Crippen molar-refractivity contribution in [3.63, 3.8) is 0 Å². The van der Waals surface area contributed by atoms with Crippen molar-refractivity contribution in [2.45, 2.75) is 33.7 Å². The summed E-state index contributed by atoms with van der Waals surface area (Å²) in [7, 11) is 0. The lowest BCUT2D eigenvalue weighted by atomic mass is 10.2. The van der Waals surface area contributed by atoms with Gasteiger partial charge in [0.25, 0.3) is 0 Å². The Kier molecular flexibility index (Phi) is 6.46. The molecule has 0 unspecified atom stereocenters. The fourth-order valence-corrected chi connectivity index (χ4v) is 2.79. The lowest BCUT2D eigenvalue weighted by molar-refractivity contribution is 0.258. The zero-order valence-electron chi connectivity index (χ0n) is 13.8. The molecule has 0 aliphatic carbocycles. The summed E-state index contributed by atoms with van der Waals surface area (Å²) in [4.78, 5) is 9.52. The maximum absolute atomic E-state index is 4.48. The molecule has 0 aromatic carbocycles. The van der Waals surface area contributed by atoms with E-state index in [1.54, 1.807) is 0 Å². The second-order valence-electron chi connectivity index (χ2n) is 6.36. The van der Waals surface area contributed by atoms with Crippen molar-refractivity contribution < 1.29 is 0 Å². The van der Waals surface area contributed by atoms with Crippen molar-refractivity contribution in [2.24, 2.45) is 5.92 Å². The first-order valence-electron chi connectivity index (χ1n) is 8.32. The average Bonchev–Trinajstić information content (AvgIpc) is 2.48. The van der Waals surface area contributed by atoms with E-state index in [9.17, 15) is 0 Å². The molecule has 1 aromatic rings. The molecule has 4 heteroatoms. The highest BCUT2D eigenvalue weighted by atomic mass is 15.3. The first-order valence-corrected chi connectivity index (χ1v) is 8.32. The van der Waals surface area contributed by atoms with Crippen molar-refractivity contribution >= 4 is 5.69 Å². The first-order chi connectivity index (χ1) is 10.2. The standard InChI is InChI=1S/C17H30N4/c1-4-7-20-8-10-21(11-9-20)17-5-6-19-16(12-17)14-18-13-15(2)3/h5-6,12,15,18H,4,7-11,13-14H2,1-3H3. The third-order valence-corrected chi connectivity index (χ3v) is 3.94. The van der Waals surface area contributed by atoms with E-state index in [4.69, 9.17) is 0 Å². The SMILES string of the molecule is CCCN1CCN(c2ccnc(CNCC(C)C)c2)CC1. The predicted octanol–water partition coefficient (Wildman–Crippen LogP) is 2.36. The summed E-state index contributed by atoms with van der Waals surface area (Å²) in [6.45, 7) is 14.5. The summed E-state index contributed by atoms with van der Waals surface area (Å²) < 4.78 is 0. The summed E-state index contributed by atoms with van der Waals surface area (Å²) in [5, 5.41) is 3.47. The normalized spacial score (nSPS) is 16.7. The van der Waals surface area contributed by atoms with Crippen LogP contribution in [0.15, 0.2) is 18.3 Å². The molecule has 1 N–H and O–H groups in total. The number of hydrogen-bond donors (Lipinski definition) is 1. The zero-order chi connectivity index (χ0) is 15.1. The van der Waals surface area contributed by atoms with E-state index in [1.165, 1.54) is 31.7 Å². The highest BCUT2D eigenvalue weighted by molar-refractivity contribution is 5.47. The van der Waals surface area contributed by atoms with Gasteiger partial charge in [-0.05, 0) is 37.6 Å². The summed E-state index contributed by atoms with van der Waals surface area (Å²) in [6, 6.07) is 4.38. The Morgan fingerprint density at radius 1 is 1.24 bits per heavy atom. The quantitative estimate of drug-likeness (QED) is 0.835. The van der Waals surface area contributed by atoms with E-state index >= 15 is 0 Å². The minimum absolute atomic E-state index is 0.680. The lowest BCUT2D eigenvalue weighted by Gasteiger charge is -2.36. The maximum Gasteiger partial charge on any atom is 0.0562 e. The van der Waals surface area contributed by atoms with Crippen LogP contribution in [0.3, 0.4) is 0 Å². The first kappa shape index (κ1) is 16.2. The Labute approximate surface area is 129 Å². The van der Waals surface area contributed by atoms with Gasteiger partial charge in [-0.2, -0.15) is 0 Å². The van der Waals surface area contributed by atoms with E-state index in [1.807, 2.05) is 6.20 Å². The number of hydrogen-bond acceptors (Lipinski definition) is 4. The van der Waals surface area contributed by atoms with Crippen LogP contribution < -0.4 is 10.2 Å². The Morgan fingerprint density at radius 3 is 2.67 bits per heavy atom. The van der Waals surface area contributed by atoms with E-state index in [0.29, 0.717) is 5.92 Å². The third-order valence-electron chi connectivity index (χ3n) is 3.94. The molecule has 118 valence electrons. The number of piperazine rings is 1. The minimum atomic E-state index is 0.680. The van der Waals surface area contributed by atoms with Crippen molar-refractivity contribution in [1.29, 1.82) is 0 Å². The average molecular weight is 290 g/mol. The highest BCUT2D eigenvalue weighted by Crippen LogP contribution is 2.17. The van der Waals surface area contributed by atoms with E-state index in [0.717, 1.165) is 31.9 Å². The smallest absolute Gasteiger partial charge is 0.0562 e. The van der Waals surface area contributed by atoms with Gasteiger partial charge in [0.05, 0.1) is 5.69 Å². The van der Waals surface area contributed by atoms with Gasteiger partial charge in [-0.25, -0.2) is 0 Å². The molecular formula is C17H30N4. The van der Waals surface area contributed by atoms with Gasteiger partial charge < -0.3 is 10.2 Å². The Morgan fingerprint density at radius 2 is 2.00 bits per heavy atom. The van der Waals surface area contributed by atoms with E-state index in [-0.39, 0.29) is 0 Å². The monoisotopic (exact) mass is 290 g/mol. The molecule has 0 saturated carbocycles. The molecule has 1 fully saturated rings. The van der Waals surface area contributed by atoms with Crippen LogP contribution >= 0.6 is 0 Å². The molecule has 2 rings (SSSR count). The highest BCUT2D eigenvalue weighted by Gasteiger charge is 2.16. The molecule has 1 saturated heterocycles. The Bertz CT molecular complexity index is 411. The molecule has 0 bridgehead atoms. The van der Waals surface area contributed by atoms with Gasteiger partial charge in [0.1, 0.15) is 0 Å². The second kappa shape index (κ2) is 8.35. The van der Waals surface area contributed by atoms with Crippen molar-refractivity contribution in [3.05, 3.63) is 24.0 Å². The summed E-state index contributed by atoms with van der Waals surface area (Å²) in [5.74, 6) is 0.680. The van der Waals surface area contributed by atoms with E-state index in [2.05, 4.69) is 53.0 Å². The van der Waals surface area contributed by atoms with Gasteiger partial charge in [-0.3, -0.25) is 9.88 Å². The third kappa shape index (κ3) is 5.29. The van der Waals surface area contributed by atoms with E-state index < -0.39 is 0 Å². The summed E-state index contributed by atoms with van der Waals surface area (Å²) in [6.07, 6.45) is 3.20. The molecule has 2 heterocycles. The Balaban J connectivity index is 1.86. The second-order valence-corrected chi connectivity index (χ2v) is 6.36. The summed E-state index contributed by atoms with van der Waals surface area (Å²) >= 11 is 0. The molecule has 0 atom stereocenters. The van der Waals surface area contributed by atoms with Crippen LogP contribution in [-0.2, 0) is 6.54 Å². The largest absolute Gasteiger partial charge is 0.369 e. The van der Waals surface area contributed by atoms with Crippen molar-refractivity contribution in [3.8, 4) is 0 Å². The van der Waals surface area contributed by atoms with Crippen LogP contribution in [0.2, 0.25) is 0 Å². The minimum Gasteiger partial charge on any atom is -0.369 e. The number of anilines is 1. The van der Waals surface area contributed by atoms with Gasteiger partial charge in [-0.1, -0.05) is 20.8 Å². The van der Waals surface area contributed by atoms with Crippen LogP contribution in [0.4, 0.5) is 5.69 Å². The number of nitrogens with zero attached hydrogens (tertiary/aromatic N) is 3. The fourth-order valence-electron chi connectivity index (χ4n) is 2.79. The van der Waals surface area contributed by atoms with Gasteiger partial charge in [0, 0.05) is 44.6 Å². The molecule has 0 amide bonds. The molecule has 21 heavy (non-hydrogen) atoms. The molecule has 1 aliphatic heterocycles. The zero-order valence-corrected chi connectivity index (χ0v) is 13.8. The number of aromatic nitrogens is 1. The molecule has 1 aromatic heterocycles. The van der Waals surface area contributed by atoms with Gasteiger partial charge >= 0.3 is 0 Å². The predicted molar refractivity (Wildman–Crippen MR) is 89.7 cm³/mol. The lowest BCUT2D eigenvalue weighted by Crippen LogP contribution is -2.46. The molecular weight excluding hydrogens is 260 g/mol. The number of rotatable bonds is 7. The van der Waals surface area contributed by atoms with Crippen molar-refractivity contribution in [1.82, 2.24) is 15.2 Å². The molecule has 1 aliphatic rings.